The van der Waals surface area contributed by atoms with E-state index in [4.69, 9.17) is 47.4 Å². The fraction of sp³-hybridized carbons (Fsp3) is 0.358. The molecule has 15 heteroatoms. The van der Waals surface area contributed by atoms with Crippen molar-refractivity contribution in [2.75, 3.05) is 25.6 Å². The van der Waals surface area contributed by atoms with Crippen LogP contribution in [0.3, 0.4) is 0 Å². The van der Waals surface area contributed by atoms with Crippen LogP contribution in [0.15, 0.2) is 152 Å². The summed E-state index contributed by atoms with van der Waals surface area (Å²) in [6.07, 6.45) is -10.8. The summed E-state index contributed by atoms with van der Waals surface area (Å²) in [7, 11) is 0. The summed E-state index contributed by atoms with van der Waals surface area (Å²) >= 11 is 1.35. The molecule has 3 heterocycles. The zero-order chi connectivity index (χ0) is 47.2. The Balaban J connectivity index is 1.22. The van der Waals surface area contributed by atoms with E-state index in [2.05, 4.69) is 0 Å². The third-order valence-corrected chi connectivity index (χ3v) is 12.5. The van der Waals surface area contributed by atoms with E-state index in [1.165, 1.54) is 11.8 Å². The fourth-order valence-electron chi connectivity index (χ4n) is 8.09. The average Bonchev–Trinajstić information content (AvgIpc) is 3.39. The number of hydrogen-bond donors (Lipinski definition) is 0. The van der Waals surface area contributed by atoms with Gasteiger partial charge >= 0.3 is 23.9 Å². The van der Waals surface area contributed by atoms with Gasteiger partial charge in [0.1, 0.15) is 29.9 Å². The van der Waals surface area contributed by atoms with Crippen LogP contribution in [0.4, 0.5) is 0 Å². The Morgan fingerprint density at radius 2 is 1.01 bits per heavy atom. The molecule has 356 valence electrons. The molecule has 0 aliphatic carbocycles. The van der Waals surface area contributed by atoms with Gasteiger partial charge < -0.3 is 47.4 Å². The summed E-state index contributed by atoms with van der Waals surface area (Å²) in [5, 5.41) is 0. The van der Waals surface area contributed by atoms with Gasteiger partial charge in [0.05, 0.1) is 35.5 Å². The van der Waals surface area contributed by atoms with Gasteiger partial charge in [0.25, 0.3) is 0 Å². The standard InChI is InChI=1S/C53H54O14S/c1-3-5-31-58-32-39-41(44(63-48(55)35-23-13-7-14-24-35)46(53(61-39)68-4-2)65-50(57)37-27-17-9-18-28-37)67-52-45(64-49(56)36-25-15-8-16-26-36)43(62-47(54)34-21-11-6-12-22-34)42-40(60-52)33-59-51(66-42)38-29-19-10-20-30-38/h6-30,39-46,51-53H,3-5,31-33H2,1-2H3/t39?,40?,41-,42-,43?,44?,45?,46+,51?,52+,53+/m1/s1. The molecule has 6 unspecified atom stereocenters. The average molecular weight is 947 g/mol. The summed E-state index contributed by atoms with van der Waals surface area (Å²) in [4.78, 5) is 56.6. The monoisotopic (exact) mass is 946 g/mol. The van der Waals surface area contributed by atoms with Crippen molar-refractivity contribution in [3.05, 3.63) is 179 Å². The van der Waals surface area contributed by atoms with E-state index >= 15 is 0 Å². The summed E-state index contributed by atoms with van der Waals surface area (Å²) in [6.45, 7) is 4.24. The molecule has 3 aliphatic rings. The van der Waals surface area contributed by atoms with E-state index < -0.39 is 90.7 Å². The highest BCUT2D eigenvalue weighted by molar-refractivity contribution is 7.99. The molecular weight excluding hydrogens is 893 g/mol. The largest absolute Gasteiger partial charge is 0.452 e. The van der Waals surface area contributed by atoms with E-state index in [0.29, 0.717) is 17.9 Å². The highest BCUT2D eigenvalue weighted by atomic mass is 32.2. The Bertz CT molecular complexity index is 2380. The molecular formula is C53H54O14S. The number of rotatable bonds is 18. The van der Waals surface area contributed by atoms with Crippen molar-refractivity contribution in [3.63, 3.8) is 0 Å². The Hall–Kier alpha value is -5.91. The van der Waals surface area contributed by atoms with Gasteiger partial charge in [-0.3, -0.25) is 0 Å². The molecule has 3 aliphatic heterocycles. The van der Waals surface area contributed by atoms with E-state index in [0.717, 1.165) is 12.8 Å². The molecule has 0 radical (unpaired) electrons. The normalized spacial score (nSPS) is 26.6. The predicted octanol–water partition coefficient (Wildman–Crippen LogP) is 8.41. The predicted molar refractivity (Wildman–Crippen MR) is 249 cm³/mol. The SMILES string of the molecule is CCCCOCC1O[C@@H](SCC)[C@@H](OC(=O)c2ccccc2)C(OC(=O)c2ccccc2)[C@@H]1O[C@@H]1OC2COC(c3ccccc3)O[C@H]2C(OC(=O)c2ccccc2)C1OC(=O)c1ccccc1. The van der Waals surface area contributed by atoms with E-state index in [1.807, 2.05) is 44.2 Å². The van der Waals surface area contributed by atoms with Crippen LogP contribution in [0.2, 0.25) is 0 Å². The summed E-state index contributed by atoms with van der Waals surface area (Å²) in [5.41, 5.74) is 0.727. The van der Waals surface area contributed by atoms with Gasteiger partial charge in [0.2, 0.25) is 0 Å². The lowest BCUT2D eigenvalue weighted by Crippen LogP contribution is -2.67. The summed E-state index contributed by atoms with van der Waals surface area (Å²) in [5.74, 6) is -2.40. The Kier molecular flexibility index (Phi) is 17.1. The number of unbranched alkanes of at least 4 members (excludes halogenated alkanes) is 1. The van der Waals surface area contributed by atoms with Crippen molar-refractivity contribution in [2.45, 2.75) is 93.5 Å². The lowest BCUT2D eigenvalue weighted by atomic mass is 9.95. The number of hydrogen-bond acceptors (Lipinski definition) is 15. The van der Waals surface area contributed by atoms with Crippen LogP contribution in [-0.4, -0.2) is 110 Å². The Labute approximate surface area is 399 Å². The Morgan fingerprint density at radius 1 is 0.544 bits per heavy atom. The zero-order valence-electron chi connectivity index (χ0n) is 37.7. The minimum absolute atomic E-state index is 0.0468. The number of carbonyl (C=O) groups excluding carboxylic acids is 4. The van der Waals surface area contributed by atoms with Crippen LogP contribution in [0.1, 0.15) is 80.0 Å². The maximum atomic E-state index is 14.2. The number of ether oxygens (including phenoxy) is 10. The lowest BCUT2D eigenvalue weighted by molar-refractivity contribution is -0.375. The molecule has 8 rings (SSSR count). The molecule has 0 N–H and O–H groups in total. The first-order valence-corrected chi connectivity index (χ1v) is 23.9. The van der Waals surface area contributed by atoms with Gasteiger partial charge in [-0.15, -0.1) is 11.8 Å². The van der Waals surface area contributed by atoms with Crippen molar-refractivity contribution in [2.24, 2.45) is 0 Å². The van der Waals surface area contributed by atoms with Crippen LogP contribution in [0.25, 0.3) is 0 Å². The van der Waals surface area contributed by atoms with Gasteiger partial charge in [-0.1, -0.05) is 123 Å². The fourth-order valence-corrected chi connectivity index (χ4v) is 9.04. The van der Waals surface area contributed by atoms with E-state index in [9.17, 15) is 19.2 Å². The highest BCUT2D eigenvalue weighted by Crippen LogP contribution is 2.41. The van der Waals surface area contributed by atoms with Gasteiger partial charge in [-0.2, -0.15) is 0 Å². The van der Waals surface area contributed by atoms with Crippen LogP contribution in [0.5, 0.6) is 0 Å². The first-order chi connectivity index (χ1) is 33.3. The maximum Gasteiger partial charge on any atom is 0.338 e. The van der Waals surface area contributed by atoms with Crippen LogP contribution < -0.4 is 0 Å². The molecule has 14 nitrogen and oxygen atoms in total. The van der Waals surface area contributed by atoms with Crippen molar-refractivity contribution < 1.29 is 66.5 Å². The molecule has 0 aromatic heterocycles. The number of esters is 4. The number of carbonyl (C=O) groups is 4. The molecule has 0 saturated carbocycles. The zero-order valence-corrected chi connectivity index (χ0v) is 38.5. The molecule has 3 saturated heterocycles. The van der Waals surface area contributed by atoms with Crippen molar-refractivity contribution >= 4 is 35.6 Å². The molecule has 0 bridgehead atoms. The highest BCUT2D eigenvalue weighted by Gasteiger charge is 2.58. The smallest absolute Gasteiger partial charge is 0.338 e. The van der Waals surface area contributed by atoms with Crippen LogP contribution in [0, 0.1) is 0 Å². The second-order valence-electron chi connectivity index (χ2n) is 16.2. The van der Waals surface area contributed by atoms with Gasteiger partial charge in [0, 0.05) is 12.2 Å². The first kappa shape index (κ1) is 48.5. The van der Waals surface area contributed by atoms with Crippen LogP contribution in [-0.2, 0) is 47.4 Å². The molecule has 0 amide bonds. The molecule has 11 atom stereocenters. The van der Waals surface area contributed by atoms with Crippen LogP contribution >= 0.6 is 11.8 Å². The topological polar surface area (TPSA) is 161 Å². The van der Waals surface area contributed by atoms with Gasteiger partial charge in [-0.05, 0) is 60.7 Å². The molecule has 5 aromatic rings. The van der Waals surface area contributed by atoms with Gasteiger partial charge in [-0.25, -0.2) is 19.2 Å². The minimum Gasteiger partial charge on any atom is -0.452 e. The quantitative estimate of drug-likeness (QED) is 0.0468. The maximum absolute atomic E-state index is 14.2. The Morgan fingerprint density at radius 3 is 1.51 bits per heavy atom. The number of benzene rings is 5. The number of fused-ring (bicyclic) bond motifs is 1. The third kappa shape index (κ3) is 12.0. The van der Waals surface area contributed by atoms with Crippen molar-refractivity contribution in [1.29, 1.82) is 0 Å². The molecule has 5 aromatic carbocycles. The lowest BCUT2D eigenvalue weighted by Gasteiger charge is -2.50. The summed E-state index contributed by atoms with van der Waals surface area (Å²) in [6, 6.07) is 42.7. The van der Waals surface area contributed by atoms with E-state index in [-0.39, 0.29) is 35.5 Å². The first-order valence-electron chi connectivity index (χ1n) is 22.8. The molecule has 68 heavy (non-hydrogen) atoms. The van der Waals surface area contributed by atoms with Gasteiger partial charge in [0.15, 0.2) is 37.0 Å². The third-order valence-electron chi connectivity index (χ3n) is 11.5. The number of thioether (sulfide) groups is 1. The van der Waals surface area contributed by atoms with Crippen molar-refractivity contribution in [1.82, 2.24) is 0 Å². The van der Waals surface area contributed by atoms with Crippen molar-refractivity contribution in [3.8, 4) is 0 Å². The minimum atomic E-state index is -1.58. The molecule has 0 spiro atoms. The second kappa shape index (κ2) is 23.9. The molecule has 3 fully saturated rings. The second-order valence-corrected chi connectivity index (χ2v) is 17.6. The summed E-state index contributed by atoms with van der Waals surface area (Å²) < 4.78 is 65.0. The van der Waals surface area contributed by atoms with E-state index in [1.54, 1.807) is 121 Å².